The smallest absolute Gasteiger partial charge is 0.268 e. The van der Waals surface area contributed by atoms with E-state index in [4.69, 9.17) is 0 Å². The number of rotatable bonds is 7. The summed E-state index contributed by atoms with van der Waals surface area (Å²) in [6.45, 7) is 5.42. The van der Waals surface area contributed by atoms with Crippen molar-refractivity contribution < 1.29 is 14.4 Å². The summed E-state index contributed by atoms with van der Waals surface area (Å²) >= 11 is 0. The Hall–Kier alpha value is -2.63. The fourth-order valence-corrected chi connectivity index (χ4v) is 1.81. The first-order valence-corrected chi connectivity index (χ1v) is 7.57. The third-order valence-corrected chi connectivity index (χ3v) is 2.96. The van der Waals surface area contributed by atoms with E-state index in [1.54, 1.807) is 13.0 Å². The van der Waals surface area contributed by atoms with Crippen LogP contribution in [0.25, 0.3) is 6.08 Å². The molecular formula is C17H23N3O3. The quantitative estimate of drug-likeness (QED) is 0.660. The normalized spacial score (nSPS) is 12.2. The Labute approximate surface area is 136 Å². The lowest BCUT2D eigenvalue weighted by molar-refractivity contribution is -0.127. The van der Waals surface area contributed by atoms with Crippen LogP contribution in [0.5, 0.6) is 0 Å². The molecule has 0 unspecified atom stereocenters. The molecule has 124 valence electrons. The lowest BCUT2D eigenvalue weighted by atomic mass is 10.2. The van der Waals surface area contributed by atoms with Crippen molar-refractivity contribution >= 4 is 23.8 Å². The van der Waals surface area contributed by atoms with Gasteiger partial charge >= 0.3 is 0 Å². The highest BCUT2D eigenvalue weighted by molar-refractivity contribution is 6.02. The molecule has 1 aromatic carbocycles. The van der Waals surface area contributed by atoms with Gasteiger partial charge < -0.3 is 16.0 Å². The second-order valence-corrected chi connectivity index (χ2v) is 5.14. The minimum absolute atomic E-state index is 0.0961. The van der Waals surface area contributed by atoms with E-state index in [1.165, 1.54) is 6.92 Å². The molecule has 0 aromatic heterocycles. The number of hydrogen-bond donors (Lipinski definition) is 3. The Morgan fingerprint density at radius 2 is 1.83 bits per heavy atom. The van der Waals surface area contributed by atoms with E-state index in [0.29, 0.717) is 6.54 Å². The third kappa shape index (κ3) is 6.78. The molecule has 1 aromatic rings. The average molecular weight is 317 g/mol. The summed E-state index contributed by atoms with van der Waals surface area (Å²) in [6.07, 6.45) is 2.38. The van der Waals surface area contributed by atoms with Crippen molar-refractivity contribution in [2.45, 2.75) is 33.2 Å². The minimum atomic E-state index is -0.693. The second kappa shape index (κ2) is 9.40. The molecule has 1 atom stereocenters. The first kappa shape index (κ1) is 18.4. The fourth-order valence-electron chi connectivity index (χ4n) is 1.81. The van der Waals surface area contributed by atoms with Gasteiger partial charge in [0.25, 0.3) is 5.91 Å². The monoisotopic (exact) mass is 317 g/mol. The maximum Gasteiger partial charge on any atom is 0.268 e. The molecule has 0 spiro atoms. The van der Waals surface area contributed by atoms with Crippen LogP contribution in [0.2, 0.25) is 0 Å². The van der Waals surface area contributed by atoms with Crippen molar-refractivity contribution in [2.75, 3.05) is 6.54 Å². The summed E-state index contributed by atoms with van der Waals surface area (Å²) in [5, 5.41) is 7.78. The van der Waals surface area contributed by atoms with Gasteiger partial charge in [0.2, 0.25) is 11.8 Å². The number of carbonyl (C=O) groups excluding carboxylic acids is 3. The van der Waals surface area contributed by atoms with Crippen LogP contribution >= 0.6 is 0 Å². The van der Waals surface area contributed by atoms with Gasteiger partial charge in [0.15, 0.2) is 0 Å². The van der Waals surface area contributed by atoms with Gasteiger partial charge in [-0.2, -0.15) is 0 Å². The summed E-state index contributed by atoms with van der Waals surface area (Å²) in [5.41, 5.74) is 0.869. The zero-order valence-electron chi connectivity index (χ0n) is 13.7. The topological polar surface area (TPSA) is 87.3 Å². The first-order chi connectivity index (χ1) is 10.9. The molecule has 1 rings (SSSR count). The molecule has 0 fully saturated rings. The highest BCUT2D eigenvalue weighted by atomic mass is 16.2. The number of nitrogens with one attached hydrogen (secondary N) is 3. The summed E-state index contributed by atoms with van der Waals surface area (Å²) in [5.74, 6) is -1.13. The number of benzene rings is 1. The molecule has 0 saturated heterocycles. The van der Waals surface area contributed by atoms with Crippen LogP contribution in [0.1, 0.15) is 32.8 Å². The molecule has 3 N–H and O–H groups in total. The lowest BCUT2D eigenvalue weighted by Gasteiger charge is -2.15. The third-order valence-electron chi connectivity index (χ3n) is 2.96. The van der Waals surface area contributed by atoms with Gasteiger partial charge in [0, 0.05) is 13.5 Å². The standard InChI is InChI=1S/C17H23N3O3/c1-4-10-18-16(22)12(2)19-17(23)15(20-13(3)21)11-14-8-6-5-7-9-14/h5-9,11-12H,4,10H2,1-3H3,(H,18,22)(H,19,23)(H,20,21)/b15-11-/t12-/m0/s1. The Morgan fingerprint density at radius 3 is 2.39 bits per heavy atom. The number of amides is 3. The van der Waals surface area contributed by atoms with Gasteiger partial charge in [-0.25, -0.2) is 0 Å². The van der Waals surface area contributed by atoms with Crippen molar-refractivity contribution in [3.05, 3.63) is 41.6 Å². The molecule has 0 bridgehead atoms. The van der Waals surface area contributed by atoms with E-state index in [2.05, 4.69) is 16.0 Å². The second-order valence-electron chi connectivity index (χ2n) is 5.14. The Kier molecular flexibility index (Phi) is 7.53. The van der Waals surface area contributed by atoms with Gasteiger partial charge in [-0.1, -0.05) is 37.3 Å². The zero-order valence-corrected chi connectivity index (χ0v) is 13.7. The maximum absolute atomic E-state index is 12.3. The van der Waals surface area contributed by atoms with Crippen LogP contribution in [0, 0.1) is 0 Å². The molecule has 6 heteroatoms. The number of hydrogen-bond acceptors (Lipinski definition) is 3. The minimum Gasteiger partial charge on any atom is -0.354 e. The molecule has 0 aliphatic rings. The van der Waals surface area contributed by atoms with Crippen molar-refractivity contribution in [3.63, 3.8) is 0 Å². The van der Waals surface area contributed by atoms with Crippen LogP contribution in [-0.2, 0) is 14.4 Å². The van der Waals surface area contributed by atoms with E-state index in [0.717, 1.165) is 12.0 Å². The molecule has 0 saturated carbocycles. The van der Waals surface area contributed by atoms with Crippen LogP contribution < -0.4 is 16.0 Å². The first-order valence-electron chi connectivity index (χ1n) is 7.57. The molecule has 3 amide bonds. The predicted molar refractivity (Wildman–Crippen MR) is 89.1 cm³/mol. The SMILES string of the molecule is CCCNC(=O)[C@H](C)NC(=O)/C(=C/c1ccccc1)NC(C)=O. The van der Waals surface area contributed by atoms with Crippen LogP contribution in [0.3, 0.4) is 0 Å². The van der Waals surface area contributed by atoms with Crippen LogP contribution in [0.4, 0.5) is 0 Å². The van der Waals surface area contributed by atoms with E-state index >= 15 is 0 Å². The maximum atomic E-state index is 12.3. The fraction of sp³-hybridized carbons (Fsp3) is 0.353. The average Bonchev–Trinajstić information content (AvgIpc) is 2.52. The molecule has 0 radical (unpaired) electrons. The van der Waals surface area contributed by atoms with E-state index < -0.39 is 11.9 Å². The number of carbonyl (C=O) groups is 3. The van der Waals surface area contributed by atoms with E-state index in [9.17, 15) is 14.4 Å². The highest BCUT2D eigenvalue weighted by Gasteiger charge is 2.18. The predicted octanol–water partition coefficient (Wildman–Crippen LogP) is 1.19. The van der Waals surface area contributed by atoms with Crippen molar-refractivity contribution in [1.29, 1.82) is 0 Å². The summed E-state index contributed by atoms with van der Waals surface area (Å²) in [7, 11) is 0. The van der Waals surface area contributed by atoms with Gasteiger partial charge in [-0.15, -0.1) is 0 Å². The summed E-state index contributed by atoms with van der Waals surface area (Å²) in [6, 6.07) is 8.45. The lowest BCUT2D eigenvalue weighted by Crippen LogP contribution is -2.47. The molecule has 0 aliphatic heterocycles. The zero-order chi connectivity index (χ0) is 17.2. The van der Waals surface area contributed by atoms with Crippen LogP contribution in [-0.4, -0.2) is 30.3 Å². The Bertz CT molecular complexity index is 582. The Morgan fingerprint density at radius 1 is 1.17 bits per heavy atom. The molecular weight excluding hydrogens is 294 g/mol. The van der Waals surface area contributed by atoms with Crippen LogP contribution in [0.15, 0.2) is 36.0 Å². The molecule has 6 nitrogen and oxygen atoms in total. The molecule has 0 aliphatic carbocycles. The van der Waals surface area contributed by atoms with Gasteiger partial charge in [0.1, 0.15) is 11.7 Å². The van der Waals surface area contributed by atoms with Gasteiger partial charge in [0.05, 0.1) is 0 Å². The van der Waals surface area contributed by atoms with Crippen molar-refractivity contribution in [3.8, 4) is 0 Å². The summed E-state index contributed by atoms with van der Waals surface area (Å²) in [4.78, 5) is 35.4. The van der Waals surface area contributed by atoms with Gasteiger partial charge in [-0.3, -0.25) is 14.4 Å². The summed E-state index contributed by atoms with van der Waals surface area (Å²) < 4.78 is 0. The van der Waals surface area contributed by atoms with E-state index in [1.807, 2.05) is 37.3 Å². The highest BCUT2D eigenvalue weighted by Crippen LogP contribution is 2.05. The molecule has 23 heavy (non-hydrogen) atoms. The van der Waals surface area contributed by atoms with Crippen molar-refractivity contribution in [2.24, 2.45) is 0 Å². The largest absolute Gasteiger partial charge is 0.354 e. The Balaban J connectivity index is 2.82. The van der Waals surface area contributed by atoms with E-state index in [-0.39, 0.29) is 17.5 Å². The van der Waals surface area contributed by atoms with Gasteiger partial charge in [-0.05, 0) is 25.0 Å². The molecule has 0 heterocycles. The van der Waals surface area contributed by atoms with Crippen molar-refractivity contribution in [1.82, 2.24) is 16.0 Å².